The molecule has 0 saturated carbocycles. The topological polar surface area (TPSA) is 68.2 Å². The number of hydrogen-bond donors (Lipinski definition) is 2. The van der Waals surface area contributed by atoms with Crippen LogP contribution in [0.3, 0.4) is 0 Å². The largest absolute Gasteiger partial charge is 0.478 e. The lowest BCUT2D eigenvalue weighted by Gasteiger charge is -2.12. The fraction of sp³-hybridized carbons (Fsp3) is 0.0455. The van der Waals surface area contributed by atoms with Gasteiger partial charge in [0.05, 0.1) is 5.56 Å². The number of nitrogens with zero attached hydrogens (tertiary/aromatic N) is 1. The molecular weight excluding hydrogens is 324 g/mol. The molecule has 4 nitrogen and oxygen atoms in total. The molecule has 0 saturated heterocycles. The smallest absolute Gasteiger partial charge is 0.335 e. The van der Waals surface area contributed by atoms with E-state index in [2.05, 4.69) is 22.8 Å². The lowest BCUT2D eigenvalue weighted by Crippen LogP contribution is -2.04. The van der Waals surface area contributed by atoms with Crippen LogP contribution in [0.4, 0.5) is 5.69 Å². The Kier molecular flexibility index (Phi) is 3.93. The van der Waals surface area contributed by atoms with Crippen LogP contribution in [0.25, 0.3) is 22.2 Å². The maximum atomic E-state index is 11.3. The number of carboxylic acids is 1. The number of carboxylic acid groups (broad SMARTS) is 1. The van der Waals surface area contributed by atoms with Gasteiger partial charge in [-0.05, 0) is 47.5 Å². The van der Waals surface area contributed by atoms with Gasteiger partial charge in [-0.3, -0.25) is 0 Å². The van der Waals surface area contributed by atoms with Crippen molar-refractivity contribution < 1.29 is 9.90 Å². The van der Waals surface area contributed by atoms with Gasteiger partial charge in [-0.15, -0.1) is 0 Å². The van der Waals surface area contributed by atoms with Crippen LogP contribution in [0, 0.1) is 0 Å². The van der Waals surface area contributed by atoms with Crippen LogP contribution in [0.1, 0.15) is 15.9 Å². The number of aromatic carboxylic acids is 1. The predicted octanol–water partition coefficient (Wildman–Crippen LogP) is 4.64. The van der Waals surface area contributed by atoms with Crippen LogP contribution in [0.15, 0.2) is 78.9 Å². The first-order valence-electron chi connectivity index (χ1n) is 8.38. The van der Waals surface area contributed by atoms with Crippen molar-refractivity contribution in [3.8, 4) is 11.3 Å². The zero-order valence-corrected chi connectivity index (χ0v) is 14.1. The van der Waals surface area contributed by atoms with E-state index in [-0.39, 0.29) is 0 Å². The number of nitrogens with two attached hydrogens (primary N) is 1. The highest BCUT2D eigenvalue weighted by Crippen LogP contribution is 2.30. The third-order valence-corrected chi connectivity index (χ3v) is 4.51. The van der Waals surface area contributed by atoms with Crippen LogP contribution >= 0.6 is 0 Å². The summed E-state index contributed by atoms with van der Waals surface area (Å²) in [5.41, 5.74) is 11.2. The van der Waals surface area contributed by atoms with Crippen LogP contribution < -0.4 is 5.73 Å². The zero-order valence-electron chi connectivity index (χ0n) is 14.1. The molecule has 0 unspecified atom stereocenters. The van der Waals surface area contributed by atoms with Gasteiger partial charge in [-0.25, -0.2) is 4.79 Å². The monoisotopic (exact) mass is 342 g/mol. The quantitative estimate of drug-likeness (QED) is 0.531. The average molecular weight is 342 g/mol. The molecule has 0 aliphatic carbocycles. The minimum absolute atomic E-state index is 0.296. The highest BCUT2D eigenvalue weighted by Gasteiger charge is 2.12. The summed E-state index contributed by atoms with van der Waals surface area (Å²) in [5, 5.41) is 10.3. The molecule has 128 valence electrons. The van der Waals surface area contributed by atoms with Crippen LogP contribution in [0.5, 0.6) is 0 Å². The Morgan fingerprint density at radius 1 is 0.923 bits per heavy atom. The summed E-state index contributed by atoms with van der Waals surface area (Å²) in [6.07, 6.45) is 0. The first kappa shape index (κ1) is 16.0. The molecule has 4 heteroatoms. The van der Waals surface area contributed by atoms with Crippen molar-refractivity contribution in [3.63, 3.8) is 0 Å². The van der Waals surface area contributed by atoms with Crippen molar-refractivity contribution in [1.82, 2.24) is 4.57 Å². The molecular formula is C22H18N2O2. The maximum absolute atomic E-state index is 11.3. The molecule has 26 heavy (non-hydrogen) atoms. The molecule has 0 bridgehead atoms. The number of aromatic nitrogens is 1. The van der Waals surface area contributed by atoms with Crippen LogP contribution in [-0.2, 0) is 6.54 Å². The molecule has 0 aliphatic heterocycles. The van der Waals surface area contributed by atoms with Gasteiger partial charge in [0.15, 0.2) is 0 Å². The Bertz CT molecular complexity index is 1100. The second-order valence-electron chi connectivity index (χ2n) is 6.31. The summed E-state index contributed by atoms with van der Waals surface area (Å²) < 4.78 is 2.20. The Labute approximate surface area is 151 Å². The van der Waals surface area contributed by atoms with Crippen molar-refractivity contribution in [2.75, 3.05) is 5.73 Å². The van der Waals surface area contributed by atoms with Gasteiger partial charge in [0.2, 0.25) is 0 Å². The summed E-state index contributed by atoms with van der Waals surface area (Å²) in [6, 6.07) is 25.2. The van der Waals surface area contributed by atoms with Crippen LogP contribution in [-0.4, -0.2) is 15.6 Å². The predicted molar refractivity (Wildman–Crippen MR) is 104 cm³/mol. The number of fused-ring (bicyclic) bond motifs is 1. The Morgan fingerprint density at radius 3 is 2.50 bits per heavy atom. The molecule has 0 amide bonds. The molecule has 3 aromatic carbocycles. The van der Waals surface area contributed by atoms with Gasteiger partial charge in [-0.1, -0.05) is 42.5 Å². The SMILES string of the molecule is Nc1ccc2c(c1)cc(-c1ccccc1)n2Cc1cccc(C(=O)O)c1. The Balaban J connectivity index is 1.87. The molecule has 0 spiro atoms. The van der Waals surface area contributed by atoms with E-state index in [1.165, 1.54) is 0 Å². The standard InChI is InChI=1S/C22H18N2O2/c23-19-9-10-20-18(12-19)13-21(16-6-2-1-3-7-16)24(20)14-15-5-4-8-17(11-15)22(25)26/h1-13H,14,23H2,(H,25,26). The van der Waals surface area contributed by atoms with E-state index in [0.717, 1.165) is 33.4 Å². The molecule has 0 aliphatic rings. The highest BCUT2D eigenvalue weighted by molar-refractivity contribution is 5.90. The molecule has 0 fully saturated rings. The maximum Gasteiger partial charge on any atom is 0.335 e. The second kappa shape index (κ2) is 6.41. The zero-order chi connectivity index (χ0) is 18.1. The summed E-state index contributed by atoms with van der Waals surface area (Å²) >= 11 is 0. The van der Waals surface area contributed by atoms with E-state index in [0.29, 0.717) is 12.1 Å². The van der Waals surface area contributed by atoms with Gasteiger partial charge in [0.25, 0.3) is 0 Å². The Hall–Kier alpha value is -3.53. The van der Waals surface area contributed by atoms with Crippen molar-refractivity contribution in [3.05, 3.63) is 90.0 Å². The molecule has 3 N–H and O–H groups in total. The van der Waals surface area contributed by atoms with Gasteiger partial charge in [-0.2, -0.15) is 0 Å². The third-order valence-electron chi connectivity index (χ3n) is 4.51. The third kappa shape index (κ3) is 2.93. The average Bonchev–Trinajstić information content (AvgIpc) is 3.00. The minimum atomic E-state index is -0.916. The van der Waals surface area contributed by atoms with E-state index in [4.69, 9.17) is 5.73 Å². The second-order valence-corrected chi connectivity index (χ2v) is 6.31. The number of carbonyl (C=O) groups is 1. The number of nitrogen functional groups attached to an aromatic ring is 1. The number of rotatable bonds is 4. The normalized spacial score (nSPS) is 10.9. The number of anilines is 1. The molecule has 1 aromatic heterocycles. The number of benzene rings is 3. The van der Waals surface area contributed by atoms with Gasteiger partial charge < -0.3 is 15.4 Å². The van der Waals surface area contributed by atoms with Crippen molar-refractivity contribution >= 4 is 22.6 Å². The van der Waals surface area contributed by atoms with Crippen LogP contribution in [0.2, 0.25) is 0 Å². The molecule has 4 rings (SSSR count). The van der Waals surface area contributed by atoms with Gasteiger partial charge >= 0.3 is 5.97 Å². The van der Waals surface area contributed by atoms with Crippen molar-refractivity contribution in [2.45, 2.75) is 6.54 Å². The fourth-order valence-corrected chi connectivity index (χ4v) is 3.29. The summed E-state index contributed by atoms with van der Waals surface area (Å²) in [7, 11) is 0. The van der Waals surface area contributed by atoms with E-state index in [9.17, 15) is 9.90 Å². The summed E-state index contributed by atoms with van der Waals surface area (Å²) in [5.74, 6) is -0.916. The number of hydrogen-bond acceptors (Lipinski definition) is 2. The van der Waals surface area contributed by atoms with E-state index >= 15 is 0 Å². The molecule has 0 radical (unpaired) electrons. The minimum Gasteiger partial charge on any atom is -0.478 e. The van der Waals surface area contributed by atoms with E-state index < -0.39 is 5.97 Å². The molecule has 4 aromatic rings. The van der Waals surface area contributed by atoms with Crippen molar-refractivity contribution in [2.24, 2.45) is 0 Å². The summed E-state index contributed by atoms with van der Waals surface area (Å²) in [6.45, 7) is 0.582. The first-order chi connectivity index (χ1) is 12.6. The molecule has 1 heterocycles. The van der Waals surface area contributed by atoms with Gasteiger partial charge in [0, 0.05) is 28.8 Å². The lowest BCUT2D eigenvalue weighted by molar-refractivity contribution is 0.0696. The van der Waals surface area contributed by atoms with Gasteiger partial charge in [0.1, 0.15) is 0 Å². The lowest BCUT2D eigenvalue weighted by atomic mass is 10.1. The first-order valence-corrected chi connectivity index (χ1v) is 8.38. The van der Waals surface area contributed by atoms with E-state index in [1.807, 2.05) is 42.5 Å². The van der Waals surface area contributed by atoms with Crippen molar-refractivity contribution in [1.29, 1.82) is 0 Å². The van der Waals surface area contributed by atoms with E-state index in [1.54, 1.807) is 18.2 Å². The fourth-order valence-electron chi connectivity index (χ4n) is 3.29. The summed E-state index contributed by atoms with van der Waals surface area (Å²) in [4.78, 5) is 11.3. The highest BCUT2D eigenvalue weighted by atomic mass is 16.4. The molecule has 0 atom stereocenters. The Morgan fingerprint density at radius 2 is 1.73 bits per heavy atom.